The topological polar surface area (TPSA) is 141 Å². The number of esters is 1. The average molecular weight is 574 g/mol. The minimum Gasteiger partial charge on any atom is -0.494 e. The van der Waals surface area contributed by atoms with Gasteiger partial charge in [0.25, 0.3) is 0 Å². The van der Waals surface area contributed by atoms with E-state index in [1.165, 1.54) is 6.21 Å². The van der Waals surface area contributed by atoms with E-state index in [4.69, 9.17) is 14.2 Å². The van der Waals surface area contributed by atoms with E-state index < -0.39 is 17.8 Å². The molecule has 0 spiro atoms. The van der Waals surface area contributed by atoms with Crippen molar-refractivity contribution >= 4 is 40.5 Å². The smallest absolute Gasteiger partial charge is 0.343 e. The molecule has 1 aromatic heterocycles. The highest BCUT2D eigenvalue weighted by atomic mass is 32.1. The molecule has 0 unspecified atom stereocenters. The molecule has 0 aliphatic carbocycles. The summed E-state index contributed by atoms with van der Waals surface area (Å²) in [5.41, 5.74) is 3.90. The molecule has 0 bridgehead atoms. The molecule has 2 amide bonds. The molecule has 0 atom stereocenters. The van der Waals surface area contributed by atoms with Crippen molar-refractivity contribution in [3.63, 3.8) is 0 Å². The second-order valence-electron chi connectivity index (χ2n) is 8.33. The van der Waals surface area contributed by atoms with Crippen LogP contribution in [0.3, 0.4) is 0 Å². The highest BCUT2D eigenvalue weighted by molar-refractivity contribution is 7.18. The van der Waals surface area contributed by atoms with E-state index in [0.29, 0.717) is 40.8 Å². The fourth-order valence-electron chi connectivity index (χ4n) is 3.36. The number of anilines is 1. The quantitative estimate of drug-likeness (QED) is 0.0865. The Labute approximate surface area is 240 Å². The Bertz CT molecular complexity index is 1520. The molecule has 210 valence electrons. The van der Waals surface area contributed by atoms with Crippen LogP contribution >= 0.6 is 11.3 Å². The largest absolute Gasteiger partial charge is 0.494 e. The number of ether oxygens (including phenoxy) is 3. The van der Waals surface area contributed by atoms with Gasteiger partial charge in [-0.3, -0.25) is 14.9 Å². The molecular formula is C29H27N5O6S. The Balaban J connectivity index is 1.33. The van der Waals surface area contributed by atoms with Crippen molar-refractivity contribution in [1.29, 1.82) is 0 Å². The summed E-state index contributed by atoms with van der Waals surface area (Å²) < 4.78 is 16.7. The molecule has 0 aliphatic heterocycles. The summed E-state index contributed by atoms with van der Waals surface area (Å²) in [7, 11) is 0. The highest BCUT2D eigenvalue weighted by Crippen LogP contribution is 2.29. The van der Waals surface area contributed by atoms with Crippen molar-refractivity contribution in [2.75, 3.05) is 18.5 Å². The van der Waals surface area contributed by atoms with Gasteiger partial charge in [-0.05, 0) is 61.4 Å². The summed E-state index contributed by atoms with van der Waals surface area (Å²) in [4.78, 5) is 37.1. The lowest BCUT2D eigenvalue weighted by molar-refractivity contribution is -0.136. The molecule has 4 rings (SSSR count). The van der Waals surface area contributed by atoms with Crippen LogP contribution in [0.4, 0.5) is 5.13 Å². The summed E-state index contributed by atoms with van der Waals surface area (Å²) in [6.07, 6.45) is 2.21. The SMILES string of the molecule is CCCOc1ccc(C(=O)Oc2ccc(/C=N/NC(=O)C(=O)Nc3nnc(-c4ccccc4)s3)cc2OCC)cc1. The van der Waals surface area contributed by atoms with Gasteiger partial charge in [0.2, 0.25) is 5.13 Å². The molecule has 1 heterocycles. The lowest BCUT2D eigenvalue weighted by Crippen LogP contribution is -2.32. The van der Waals surface area contributed by atoms with Crippen molar-refractivity contribution in [3.8, 4) is 27.8 Å². The van der Waals surface area contributed by atoms with Gasteiger partial charge in [0, 0.05) is 5.56 Å². The molecule has 4 aromatic rings. The van der Waals surface area contributed by atoms with Gasteiger partial charge < -0.3 is 14.2 Å². The van der Waals surface area contributed by atoms with Crippen LogP contribution in [-0.4, -0.2) is 47.4 Å². The number of carbonyl (C=O) groups is 3. The Morgan fingerprint density at radius 2 is 1.68 bits per heavy atom. The van der Waals surface area contributed by atoms with E-state index >= 15 is 0 Å². The summed E-state index contributed by atoms with van der Waals surface area (Å²) in [6, 6.07) is 20.8. The number of nitrogens with zero attached hydrogens (tertiary/aromatic N) is 3. The van der Waals surface area contributed by atoms with E-state index in [-0.39, 0.29) is 10.9 Å². The van der Waals surface area contributed by atoms with Gasteiger partial charge in [0.1, 0.15) is 10.8 Å². The first kappa shape index (κ1) is 28.9. The number of carbonyl (C=O) groups excluding carboxylic acids is 3. The Hall–Kier alpha value is -5.10. The molecule has 3 aromatic carbocycles. The molecule has 0 fully saturated rings. The molecule has 0 saturated heterocycles. The van der Waals surface area contributed by atoms with Crippen LogP contribution in [0.5, 0.6) is 17.2 Å². The third-order valence-corrected chi connectivity index (χ3v) is 6.17. The number of benzene rings is 3. The number of hydrogen-bond donors (Lipinski definition) is 2. The van der Waals surface area contributed by atoms with Crippen LogP contribution in [0.2, 0.25) is 0 Å². The summed E-state index contributed by atoms with van der Waals surface area (Å²) >= 11 is 1.14. The van der Waals surface area contributed by atoms with Gasteiger partial charge in [-0.2, -0.15) is 5.10 Å². The molecule has 41 heavy (non-hydrogen) atoms. The van der Waals surface area contributed by atoms with Crippen LogP contribution in [0.25, 0.3) is 10.6 Å². The lowest BCUT2D eigenvalue weighted by Gasteiger charge is -2.11. The highest BCUT2D eigenvalue weighted by Gasteiger charge is 2.17. The van der Waals surface area contributed by atoms with E-state index in [1.54, 1.807) is 49.4 Å². The van der Waals surface area contributed by atoms with E-state index in [1.807, 2.05) is 37.3 Å². The number of hydrazone groups is 1. The van der Waals surface area contributed by atoms with Gasteiger partial charge in [-0.15, -0.1) is 10.2 Å². The standard InChI is InChI=1S/C29H27N5O6S/c1-3-16-39-22-13-11-21(12-14-22)28(37)40-23-15-10-19(17-24(23)38-4-2)18-30-32-26(36)25(35)31-29-34-33-27(41-29)20-8-6-5-7-9-20/h5-15,17-18H,3-4,16H2,1-2H3,(H,32,36)(H,31,34,35)/b30-18+. The van der Waals surface area contributed by atoms with Crippen molar-refractivity contribution in [2.24, 2.45) is 5.10 Å². The molecule has 12 heteroatoms. The number of nitrogens with one attached hydrogen (secondary N) is 2. The minimum absolute atomic E-state index is 0.181. The molecule has 2 N–H and O–H groups in total. The Morgan fingerprint density at radius 1 is 0.902 bits per heavy atom. The second-order valence-corrected chi connectivity index (χ2v) is 9.31. The predicted molar refractivity (Wildman–Crippen MR) is 155 cm³/mol. The Morgan fingerprint density at radius 3 is 2.41 bits per heavy atom. The first-order chi connectivity index (χ1) is 20.0. The zero-order valence-corrected chi connectivity index (χ0v) is 23.1. The normalized spacial score (nSPS) is 10.7. The van der Waals surface area contributed by atoms with Crippen molar-refractivity contribution in [2.45, 2.75) is 20.3 Å². The Kier molecular flexibility index (Phi) is 10.1. The van der Waals surface area contributed by atoms with Gasteiger partial charge in [-0.1, -0.05) is 48.6 Å². The van der Waals surface area contributed by atoms with Gasteiger partial charge >= 0.3 is 17.8 Å². The number of amides is 2. The zero-order valence-electron chi connectivity index (χ0n) is 22.3. The van der Waals surface area contributed by atoms with Crippen LogP contribution in [0.15, 0.2) is 77.9 Å². The first-order valence-electron chi connectivity index (χ1n) is 12.7. The maximum atomic E-state index is 12.7. The van der Waals surface area contributed by atoms with E-state index in [0.717, 1.165) is 23.3 Å². The maximum Gasteiger partial charge on any atom is 0.343 e. The molecular weight excluding hydrogens is 546 g/mol. The number of hydrogen-bond acceptors (Lipinski definition) is 10. The van der Waals surface area contributed by atoms with E-state index in [2.05, 4.69) is 26.0 Å². The summed E-state index contributed by atoms with van der Waals surface area (Å²) in [5, 5.41) is 14.9. The zero-order chi connectivity index (χ0) is 29.0. The second kappa shape index (κ2) is 14.3. The third-order valence-electron chi connectivity index (χ3n) is 5.29. The fourth-order valence-corrected chi connectivity index (χ4v) is 4.11. The lowest BCUT2D eigenvalue weighted by atomic mass is 10.2. The average Bonchev–Trinajstić information content (AvgIpc) is 3.46. The monoisotopic (exact) mass is 573 g/mol. The molecule has 0 radical (unpaired) electrons. The van der Waals surface area contributed by atoms with E-state index in [9.17, 15) is 14.4 Å². The minimum atomic E-state index is -0.987. The van der Waals surface area contributed by atoms with Crippen molar-refractivity contribution in [3.05, 3.63) is 83.9 Å². The van der Waals surface area contributed by atoms with Gasteiger partial charge in [-0.25, -0.2) is 10.2 Å². The van der Waals surface area contributed by atoms with Crippen LogP contribution < -0.4 is 25.0 Å². The number of aromatic nitrogens is 2. The third kappa shape index (κ3) is 8.19. The van der Waals surface area contributed by atoms with Crippen molar-refractivity contribution in [1.82, 2.24) is 15.6 Å². The molecule has 11 nitrogen and oxygen atoms in total. The maximum absolute atomic E-state index is 12.7. The van der Waals surface area contributed by atoms with Crippen LogP contribution in [0, 0.1) is 0 Å². The molecule has 0 saturated carbocycles. The van der Waals surface area contributed by atoms with Crippen molar-refractivity contribution < 1.29 is 28.6 Å². The summed E-state index contributed by atoms with van der Waals surface area (Å²) in [5.74, 6) is -1.29. The van der Waals surface area contributed by atoms with Gasteiger partial charge in [0.05, 0.1) is 25.0 Å². The van der Waals surface area contributed by atoms with Crippen LogP contribution in [0.1, 0.15) is 36.2 Å². The first-order valence-corrected chi connectivity index (χ1v) is 13.5. The fraction of sp³-hybridized carbons (Fsp3) is 0.172. The predicted octanol–water partition coefficient (Wildman–Crippen LogP) is 4.70. The van der Waals surface area contributed by atoms with Crippen LogP contribution in [-0.2, 0) is 9.59 Å². The molecule has 0 aliphatic rings. The number of rotatable bonds is 11. The van der Waals surface area contributed by atoms with Gasteiger partial charge in [0.15, 0.2) is 11.5 Å². The summed E-state index contributed by atoms with van der Waals surface area (Å²) in [6.45, 7) is 4.72.